The van der Waals surface area contributed by atoms with Gasteiger partial charge in [0.2, 0.25) is 0 Å². The van der Waals surface area contributed by atoms with Crippen molar-refractivity contribution in [1.82, 2.24) is 0 Å². The van der Waals surface area contributed by atoms with Crippen LogP contribution in [0.5, 0.6) is 0 Å². The van der Waals surface area contributed by atoms with Gasteiger partial charge in [-0.3, -0.25) is 4.79 Å². The molecule has 0 aromatic heterocycles. The van der Waals surface area contributed by atoms with Crippen LogP contribution in [-0.4, -0.2) is 27.1 Å². The van der Waals surface area contributed by atoms with Gasteiger partial charge in [0.25, 0.3) is 5.97 Å². The van der Waals surface area contributed by atoms with Gasteiger partial charge in [-0.25, -0.2) is 0 Å². The first-order valence-corrected chi connectivity index (χ1v) is 12.9. The summed E-state index contributed by atoms with van der Waals surface area (Å²) in [5, 5.41) is 28.1. The Morgan fingerprint density at radius 2 is 1.74 bits per heavy atom. The first-order chi connectivity index (χ1) is 14.5. The van der Waals surface area contributed by atoms with Crippen molar-refractivity contribution in [3.05, 3.63) is 11.6 Å². The van der Waals surface area contributed by atoms with E-state index in [1.165, 1.54) is 37.7 Å². The number of ketones is 1. The molecule has 0 aromatic carbocycles. The van der Waals surface area contributed by atoms with Crippen molar-refractivity contribution >= 4 is 5.78 Å². The summed E-state index contributed by atoms with van der Waals surface area (Å²) in [7, 11) is 0. The van der Waals surface area contributed by atoms with Gasteiger partial charge >= 0.3 is 0 Å². The smallest absolute Gasteiger partial charge is 0.277 e. The van der Waals surface area contributed by atoms with E-state index in [0.717, 1.165) is 55.8 Å². The lowest BCUT2D eigenvalue weighted by Crippen LogP contribution is -2.51. The van der Waals surface area contributed by atoms with Crippen LogP contribution in [-0.2, 0) is 4.79 Å². The summed E-state index contributed by atoms with van der Waals surface area (Å²) >= 11 is 0. The second-order valence-corrected chi connectivity index (χ2v) is 12.2. The molecule has 0 radical (unpaired) electrons. The zero-order valence-electron chi connectivity index (χ0n) is 20.1. The molecule has 3 fully saturated rings. The topological polar surface area (TPSA) is 77.8 Å². The van der Waals surface area contributed by atoms with Crippen LogP contribution in [0.15, 0.2) is 11.6 Å². The number of carbonyl (C=O) groups excluding carboxylic acids is 1. The van der Waals surface area contributed by atoms with Crippen LogP contribution in [0.2, 0.25) is 0 Å². The lowest BCUT2D eigenvalue weighted by molar-refractivity contribution is -0.340. The van der Waals surface area contributed by atoms with Gasteiger partial charge in [-0.05, 0) is 97.9 Å². The maximum atomic E-state index is 12.0. The molecule has 4 rings (SSSR count). The van der Waals surface area contributed by atoms with Crippen LogP contribution in [0, 0.1) is 46.3 Å². The standard InChI is InChI=1S/C27H44O4/c1-17(6-5-7-18(2)27(29,30)31)22-10-11-23-21-9-8-19-16-20(28)12-14-25(19,3)24(21)13-15-26(22,23)4/h16-18,21-24,29-31H,5-15H2,1-4H3/t17-,18?,21+,22-,23+,24+,25+,26-/m1/s1. The fraction of sp³-hybridized carbons (Fsp3) is 0.889. The zero-order valence-corrected chi connectivity index (χ0v) is 20.1. The van der Waals surface area contributed by atoms with Gasteiger partial charge in [-0.1, -0.05) is 46.1 Å². The van der Waals surface area contributed by atoms with Crippen LogP contribution in [0.3, 0.4) is 0 Å². The summed E-state index contributed by atoms with van der Waals surface area (Å²) in [6.07, 6.45) is 14.1. The summed E-state index contributed by atoms with van der Waals surface area (Å²) in [5.41, 5.74) is 2.13. The van der Waals surface area contributed by atoms with Crippen molar-refractivity contribution in [2.75, 3.05) is 0 Å². The molecular weight excluding hydrogens is 388 g/mol. The molecule has 0 aromatic rings. The Bertz CT molecular complexity index is 721. The van der Waals surface area contributed by atoms with Gasteiger partial charge in [-0.2, -0.15) is 0 Å². The fourth-order valence-electron chi connectivity index (χ4n) is 8.68. The van der Waals surface area contributed by atoms with Crippen molar-refractivity contribution in [1.29, 1.82) is 0 Å². The van der Waals surface area contributed by atoms with E-state index in [1.54, 1.807) is 6.92 Å². The van der Waals surface area contributed by atoms with E-state index >= 15 is 0 Å². The molecule has 0 spiro atoms. The average molecular weight is 433 g/mol. The molecule has 3 N–H and O–H groups in total. The van der Waals surface area contributed by atoms with Crippen LogP contribution in [0.4, 0.5) is 0 Å². The second kappa shape index (κ2) is 8.25. The van der Waals surface area contributed by atoms with Gasteiger partial charge in [-0.15, -0.1) is 0 Å². The number of fused-ring (bicyclic) bond motifs is 5. The molecular formula is C27H44O4. The minimum Gasteiger partial charge on any atom is -0.343 e. The Labute approximate surface area is 188 Å². The van der Waals surface area contributed by atoms with E-state index in [-0.39, 0.29) is 5.41 Å². The Morgan fingerprint density at radius 1 is 1.00 bits per heavy atom. The molecule has 4 heteroatoms. The number of carbonyl (C=O) groups is 1. The molecule has 4 nitrogen and oxygen atoms in total. The molecule has 0 aliphatic heterocycles. The highest BCUT2D eigenvalue weighted by Gasteiger charge is 2.59. The highest BCUT2D eigenvalue weighted by molar-refractivity contribution is 5.91. The molecule has 8 atom stereocenters. The molecule has 176 valence electrons. The normalized spacial score (nSPS) is 42.3. The number of allylic oxidation sites excluding steroid dienone is 1. The zero-order chi connectivity index (χ0) is 22.6. The number of aliphatic hydroxyl groups is 3. The Hall–Kier alpha value is -0.710. The maximum Gasteiger partial charge on any atom is 0.277 e. The van der Waals surface area contributed by atoms with Crippen LogP contribution < -0.4 is 0 Å². The third-order valence-electron chi connectivity index (χ3n) is 10.7. The largest absolute Gasteiger partial charge is 0.343 e. The highest BCUT2D eigenvalue weighted by atomic mass is 16.7. The highest BCUT2D eigenvalue weighted by Crippen LogP contribution is 2.67. The van der Waals surface area contributed by atoms with Crippen LogP contribution >= 0.6 is 0 Å². The molecule has 0 heterocycles. The molecule has 1 unspecified atom stereocenters. The molecule has 0 bridgehead atoms. The molecule has 31 heavy (non-hydrogen) atoms. The quantitative estimate of drug-likeness (QED) is 0.504. The minimum atomic E-state index is -2.56. The van der Waals surface area contributed by atoms with Gasteiger partial charge < -0.3 is 15.3 Å². The Balaban J connectivity index is 1.42. The Kier molecular flexibility index (Phi) is 6.24. The summed E-state index contributed by atoms with van der Waals surface area (Å²) < 4.78 is 0. The number of rotatable bonds is 6. The summed E-state index contributed by atoms with van der Waals surface area (Å²) in [6.45, 7) is 9.13. The predicted octanol–water partition coefficient (Wildman–Crippen LogP) is 5.21. The summed E-state index contributed by atoms with van der Waals surface area (Å²) in [4.78, 5) is 12.0. The van der Waals surface area contributed by atoms with Crippen molar-refractivity contribution < 1.29 is 20.1 Å². The van der Waals surface area contributed by atoms with Crippen molar-refractivity contribution in [2.24, 2.45) is 46.3 Å². The van der Waals surface area contributed by atoms with Crippen molar-refractivity contribution in [3.63, 3.8) is 0 Å². The van der Waals surface area contributed by atoms with Gasteiger partial charge in [0.1, 0.15) is 0 Å². The third kappa shape index (κ3) is 4.06. The van der Waals surface area contributed by atoms with Gasteiger partial charge in [0, 0.05) is 12.3 Å². The number of hydrogen-bond acceptors (Lipinski definition) is 4. The third-order valence-corrected chi connectivity index (χ3v) is 10.7. The molecule has 0 amide bonds. The first kappa shape index (κ1) is 23.4. The summed E-state index contributed by atoms with van der Waals surface area (Å²) in [5.74, 6) is 1.02. The Morgan fingerprint density at radius 3 is 2.45 bits per heavy atom. The maximum absolute atomic E-state index is 12.0. The van der Waals surface area contributed by atoms with Gasteiger partial charge in [0.05, 0.1) is 0 Å². The van der Waals surface area contributed by atoms with E-state index in [4.69, 9.17) is 0 Å². The van der Waals surface area contributed by atoms with Crippen molar-refractivity contribution in [3.8, 4) is 0 Å². The van der Waals surface area contributed by atoms with E-state index < -0.39 is 11.9 Å². The lowest BCUT2D eigenvalue weighted by Gasteiger charge is -2.58. The van der Waals surface area contributed by atoms with Crippen LogP contribution in [0.1, 0.15) is 98.3 Å². The van der Waals surface area contributed by atoms with Crippen LogP contribution in [0.25, 0.3) is 0 Å². The lowest BCUT2D eigenvalue weighted by atomic mass is 9.46. The molecule has 4 aliphatic carbocycles. The monoisotopic (exact) mass is 432 g/mol. The summed E-state index contributed by atoms with van der Waals surface area (Å²) in [6, 6.07) is 0. The van der Waals surface area contributed by atoms with Gasteiger partial charge in [0.15, 0.2) is 5.78 Å². The molecule has 4 aliphatic rings. The van der Waals surface area contributed by atoms with Crippen molar-refractivity contribution in [2.45, 2.75) is 104 Å². The van der Waals surface area contributed by atoms with E-state index in [9.17, 15) is 20.1 Å². The minimum absolute atomic E-state index is 0.253. The first-order valence-electron chi connectivity index (χ1n) is 12.9. The average Bonchev–Trinajstić information content (AvgIpc) is 3.05. The predicted molar refractivity (Wildman–Crippen MR) is 122 cm³/mol. The molecule has 0 saturated heterocycles. The van der Waals surface area contributed by atoms with E-state index in [2.05, 4.69) is 20.8 Å². The number of hydrogen-bond donors (Lipinski definition) is 3. The molecule has 3 saturated carbocycles. The SMILES string of the molecule is CC(CCC[C@@H](C)[C@H]1CC[C@H]2[C@@H]3CCC4=CC(=O)CC[C@]4(C)[C@H]3CC[C@]12C)C(O)(O)O. The fourth-order valence-corrected chi connectivity index (χ4v) is 8.68. The van der Waals surface area contributed by atoms with E-state index in [1.807, 2.05) is 6.08 Å². The van der Waals surface area contributed by atoms with E-state index in [0.29, 0.717) is 23.5 Å². The second-order valence-electron chi connectivity index (χ2n) is 12.2.